The molecule has 2 unspecified atom stereocenters. The fraction of sp³-hybridized carbons (Fsp3) is 0.462. The third-order valence-corrected chi connectivity index (χ3v) is 3.94. The molecular weight excluding hydrogens is 254 g/mol. The summed E-state index contributed by atoms with van der Waals surface area (Å²) >= 11 is 5.83. The number of halogens is 1. The van der Waals surface area contributed by atoms with Crippen LogP contribution in [0.5, 0.6) is 0 Å². The minimum absolute atomic E-state index is 0.150. The summed E-state index contributed by atoms with van der Waals surface area (Å²) in [6.45, 7) is 2.55. The molecule has 0 saturated carbocycles. The topological polar surface area (TPSA) is 60.8 Å². The molecule has 1 aliphatic heterocycles. The monoisotopic (exact) mass is 269 g/mol. The second kappa shape index (κ2) is 4.78. The van der Waals surface area contributed by atoms with Crippen molar-refractivity contribution in [3.63, 3.8) is 0 Å². The van der Waals surface area contributed by atoms with Crippen LogP contribution in [-0.4, -0.2) is 34.3 Å². The van der Waals surface area contributed by atoms with Gasteiger partial charge in [0.2, 0.25) is 0 Å². The Morgan fingerprint density at radius 1 is 1.44 bits per heavy atom. The molecule has 0 spiro atoms. The fourth-order valence-corrected chi connectivity index (χ4v) is 2.59. The van der Waals surface area contributed by atoms with Crippen molar-refractivity contribution < 1.29 is 15.0 Å². The molecule has 5 heteroatoms. The highest BCUT2D eigenvalue weighted by atomic mass is 35.5. The molecule has 2 atom stereocenters. The molecule has 98 valence electrons. The van der Waals surface area contributed by atoms with Gasteiger partial charge in [0.1, 0.15) is 0 Å². The van der Waals surface area contributed by atoms with E-state index < -0.39 is 11.7 Å². The van der Waals surface area contributed by atoms with Gasteiger partial charge in [-0.3, -0.25) is 0 Å². The summed E-state index contributed by atoms with van der Waals surface area (Å²) in [4.78, 5) is 12.3. The van der Waals surface area contributed by atoms with E-state index in [1.165, 1.54) is 4.90 Å². The summed E-state index contributed by atoms with van der Waals surface area (Å²) < 4.78 is 0. The molecule has 2 rings (SSSR count). The van der Waals surface area contributed by atoms with E-state index in [1.807, 2.05) is 6.92 Å². The molecule has 18 heavy (non-hydrogen) atoms. The Balaban J connectivity index is 2.22. The summed E-state index contributed by atoms with van der Waals surface area (Å²) in [6.07, 6.45) is -0.526. The van der Waals surface area contributed by atoms with E-state index in [-0.39, 0.29) is 5.92 Å². The van der Waals surface area contributed by atoms with Gasteiger partial charge >= 0.3 is 6.09 Å². The second-order valence-corrected chi connectivity index (χ2v) is 5.25. The van der Waals surface area contributed by atoms with E-state index in [9.17, 15) is 9.90 Å². The van der Waals surface area contributed by atoms with Crippen molar-refractivity contribution in [2.45, 2.75) is 18.9 Å². The van der Waals surface area contributed by atoms with Gasteiger partial charge in [-0.15, -0.1) is 0 Å². The van der Waals surface area contributed by atoms with Crippen LogP contribution in [0.2, 0.25) is 5.02 Å². The zero-order valence-electron chi connectivity index (χ0n) is 10.1. The largest absolute Gasteiger partial charge is 0.465 e. The molecule has 1 aromatic rings. The van der Waals surface area contributed by atoms with Gasteiger partial charge in [-0.25, -0.2) is 4.79 Å². The van der Waals surface area contributed by atoms with E-state index in [4.69, 9.17) is 16.7 Å². The zero-order chi connectivity index (χ0) is 13.3. The minimum Gasteiger partial charge on any atom is -0.465 e. The Morgan fingerprint density at radius 3 is 2.56 bits per heavy atom. The van der Waals surface area contributed by atoms with Crippen molar-refractivity contribution in [1.29, 1.82) is 0 Å². The van der Waals surface area contributed by atoms with Crippen LogP contribution in [0.25, 0.3) is 0 Å². The Bertz CT molecular complexity index is 448. The van der Waals surface area contributed by atoms with Crippen molar-refractivity contribution >= 4 is 17.7 Å². The minimum atomic E-state index is -0.976. The van der Waals surface area contributed by atoms with Crippen molar-refractivity contribution in [3.05, 3.63) is 34.9 Å². The first-order valence-corrected chi connectivity index (χ1v) is 6.27. The number of amides is 1. The predicted octanol–water partition coefficient (Wildman–Crippen LogP) is 2.55. The number of carbonyl (C=O) groups is 1. The van der Waals surface area contributed by atoms with Crippen LogP contribution in [0.3, 0.4) is 0 Å². The molecule has 1 aliphatic rings. The van der Waals surface area contributed by atoms with Gasteiger partial charge in [-0.1, -0.05) is 30.7 Å². The molecule has 1 saturated heterocycles. The van der Waals surface area contributed by atoms with Crippen LogP contribution in [0.4, 0.5) is 4.79 Å². The lowest BCUT2D eigenvalue weighted by Crippen LogP contribution is -2.50. The summed E-state index contributed by atoms with van der Waals surface area (Å²) in [5, 5.41) is 20.3. The number of likely N-dealkylation sites (tertiary alicyclic amines) is 1. The molecule has 0 radical (unpaired) electrons. The SMILES string of the molecule is CC1CN(C(=O)O)CCC1(O)c1ccc(Cl)cc1. The van der Waals surface area contributed by atoms with Crippen LogP contribution in [-0.2, 0) is 5.60 Å². The molecule has 1 fully saturated rings. The van der Waals surface area contributed by atoms with E-state index >= 15 is 0 Å². The molecule has 4 nitrogen and oxygen atoms in total. The molecule has 1 heterocycles. The van der Waals surface area contributed by atoms with Gasteiger partial charge in [0, 0.05) is 24.0 Å². The van der Waals surface area contributed by atoms with Crippen LogP contribution in [0.1, 0.15) is 18.9 Å². The summed E-state index contributed by atoms with van der Waals surface area (Å²) in [5.41, 5.74) is -0.180. The molecular formula is C13H16ClNO3. The van der Waals surface area contributed by atoms with Crippen molar-refractivity contribution in [2.24, 2.45) is 5.92 Å². The number of piperidine rings is 1. The Labute approximate surface area is 111 Å². The lowest BCUT2D eigenvalue weighted by atomic mass is 9.77. The third-order valence-electron chi connectivity index (χ3n) is 3.69. The van der Waals surface area contributed by atoms with E-state index in [1.54, 1.807) is 24.3 Å². The molecule has 1 aromatic carbocycles. The van der Waals surface area contributed by atoms with Gasteiger partial charge in [0.15, 0.2) is 0 Å². The van der Waals surface area contributed by atoms with Crippen molar-refractivity contribution in [1.82, 2.24) is 4.90 Å². The molecule has 1 amide bonds. The van der Waals surface area contributed by atoms with Crippen LogP contribution in [0, 0.1) is 5.92 Å². The quantitative estimate of drug-likeness (QED) is 0.824. The highest BCUT2D eigenvalue weighted by Gasteiger charge is 2.41. The first-order valence-electron chi connectivity index (χ1n) is 5.90. The molecule has 0 aliphatic carbocycles. The third kappa shape index (κ3) is 2.31. The predicted molar refractivity (Wildman–Crippen MR) is 68.7 cm³/mol. The Morgan fingerprint density at radius 2 is 2.06 bits per heavy atom. The van der Waals surface area contributed by atoms with E-state index in [0.29, 0.717) is 24.5 Å². The van der Waals surface area contributed by atoms with Gasteiger partial charge in [-0.05, 0) is 24.1 Å². The number of aliphatic hydroxyl groups is 1. The molecule has 0 aromatic heterocycles. The van der Waals surface area contributed by atoms with E-state index in [2.05, 4.69) is 0 Å². The Kier molecular flexibility index (Phi) is 3.50. The standard InChI is InChI=1S/C13H16ClNO3/c1-9-8-15(12(16)17)7-6-13(9,18)10-2-4-11(14)5-3-10/h2-5,9,18H,6-8H2,1H3,(H,16,17). The maximum atomic E-state index is 10.9. The van der Waals surface area contributed by atoms with Gasteiger partial charge < -0.3 is 15.1 Å². The fourth-order valence-electron chi connectivity index (χ4n) is 2.47. The number of nitrogens with zero attached hydrogens (tertiary/aromatic N) is 1. The number of benzene rings is 1. The lowest BCUT2D eigenvalue weighted by molar-refractivity contribution is -0.0654. The Hall–Kier alpha value is -1.26. The number of hydrogen-bond acceptors (Lipinski definition) is 2. The number of rotatable bonds is 1. The van der Waals surface area contributed by atoms with Gasteiger partial charge in [-0.2, -0.15) is 0 Å². The normalized spacial score (nSPS) is 28.2. The highest BCUT2D eigenvalue weighted by Crippen LogP contribution is 2.37. The summed E-state index contributed by atoms with van der Waals surface area (Å²) in [5.74, 6) is -0.150. The van der Waals surface area contributed by atoms with Crippen LogP contribution < -0.4 is 0 Å². The smallest absolute Gasteiger partial charge is 0.407 e. The first kappa shape index (κ1) is 13.2. The van der Waals surface area contributed by atoms with Crippen LogP contribution in [0.15, 0.2) is 24.3 Å². The molecule has 0 bridgehead atoms. The lowest BCUT2D eigenvalue weighted by Gasteiger charge is -2.42. The van der Waals surface area contributed by atoms with Crippen molar-refractivity contribution in [2.75, 3.05) is 13.1 Å². The average molecular weight is 270 g/mol. The second-order valence-electron chi connectivity index (χ2n) is 4.81. The van der Waals surface area contributed by atoms with Gasteiger partial charge in [0.05, 0.1) is 5.60 Å². The summed E-state index contributed by atoms with van der Waals surface area (Å²) in [6, 6.07) is 7.08. The first-order chi connectivity index (χ1) is 8.43. The highest BCUT2D eigenvalue weighted by molar-refractivity contribution is 6.30. The maximum absolute atomic E-state index is 10.9. The summed E-state index contributed by atoms with van der Waals surface area (Å²) in [7, 11) is 0. The van der Waals surface area contributed by atoms with Gasteiger partial charge in [0.25, 0.3) is 0 Å². The average Bonchev–Trinajstić information content (AvgIpc) is 2.33. The molecule has 2 N–H and O–H groups in total. The van der Waals surface area contributed by atoms with Crippen LogP contribution >= 0.6 is 11.6 Å². The number of hydrogen-bond donors (Lipinski definition) is 2. The van der Waals surface area contributed by atoms with Crippen molar-refractivity contribution in [3.8, 4) is 0 Å². The number of carboxylic acid groups (broad SMARTS) is 1. The maximum Gasteiger partial charge on any atom is 0.407 e. The zero-order valence-corrected chi connectivity index (χ0v) is 10.9. The van der Waals surface area contributed by atoms with E-state index in [0.717, 1.165) is 5.56 Å².